The van der Waals surface area contributed by atoms with Crippen LogP contribution >= 0.6 is 0 Å². The minimum absolute atomic E-state index is 0.434. The Bertz CT molecular complexity index is 321. The third-order valence-electron chi connectivity index (χ3n) is 5.73. The molecule has 0 aromatic carbocycles. The molecule has 0 unspecified atom stereocenters. The van der Waals surface area contributed by atoms with E-state index in [1.165, 1.54) is 44.9 Å². The molecule has 2 heteroatoms. The molecular weight excluding hydrogens is 184 g/mol. The van der Waals surface area contributed by atoms with Crippen molar-refractivity contribution in [3.05, 3.63) is 0 Å². The van der Waals surface area contributed by atoms with Gasteiger partial charge in [-0.3, -0.25) is 5.41 Å². The molecule has 0 heterocycles. The molecule has 7 saturated carbocycles. The molecule has 0 aromatic rings. The van der Waals surface area contributed by atoms with E-state index in [9.17, 15) is 0 Å². The molecule has 0 amide bonds. The van der Waals surface area contributed by atoms with Crippen LogP contribution < -0.4 is 5.73 Å². The van der Waals surface area contributed by atoms with Gasteiger partial charge in [0.25, 0.3) is 0 Å². The Hall–Kier alpha value is -0.530. The Morgan fingerprint density at radius 2 is 1.67 bits per heavy atom. The van der Waals surface area contributed by atoms with Gasteiger partial charge in [0, 0.05) is 6.42 Å². The highest BCUT2D eigenvalue weighted by Crippen LogP contribution is 2.81. The largest absolute Gasteiger partial charge is 0.388 e. The maximum Gasteiger partial charge on any atom is 0.0910 e. The lowest BCUT2D eigenvalue weighted by atomic mass is 9.29. The fourth-order valence-corrected chi connectivity index (χ4v) is 6.67. The predicted molar refractivity (Wildman–Crippen MR) is 59.6 cm³/mol. The first kappa shape index (κ1) is 8.60. The van der Waals surface area contributed by atoms with Gasteiger partial charge in [-0.25, -0.2) is 0 Å². The highest BCUT2D eigenvalue weighted by atomic mass is 14.8. The first-order valence-corrected chi connectivity index (χ1v) is 6.36. The summed E-state index contributed by atoms with van der Waals surface area (Å²) in [7, 11) is 0. The molecule has 0 atom stereocenters. The van der Waals surface area contributed by atoms with Crippen molar-refractivity contribution in [3.8, 4) is 0 Å². The van der Waals surface area contributed by atoms with E-state index in [0.29, 0.717) is 11.3 Å². The number of hydrogen-bond acceptors (Lipinski definition) is 1. The van der Waals surface area contributed by atoms with Gasteiger partial charge >= 0.3 is 0 Å². The van der Waals surface area contributed by atoms with Gasteiger partial charge < -0.3 is 5.73 Å². The van der Waals surface area contributed by atoms with E-state index in [1.54, 1.807) is 0 Å². The highest BCUT2D eigenvalue weighted by Gasteiger charge is 2.70. The van der Waals surface area contributed by atoms with Crippen LogP contribution in [0.25, 0.3) is 0 Å². The van der Waals surface area contributed by atoms with Crippen LogP contribution in [0, 0.1) is 27.6 Å². The Morgan fingerprint density at radius 1 is 1.07 bits per heavy atom. The van der Waals surface area contributed by atoms with Gasteiger partial charge in [0.15, 0.2) is 0 Å². The average molecular weight is 204 g/mol. The third-order valence-corrected chi connectivity index (χ3v) is 5.73. The summed E-state index contributed by atoms with van der Waals surface area (Å²) in [6.45, 7) is 0. The van der Waals surface area contributed by atoms with Crippen molar-refractivity contribution >= 4 is 5.84 Å². The van der Waals surface area contributed by atoms with E-state index in [0.717, 1.165) is 23.2 Å². The highest BCUT2D eigenvalue weighted by molar-refractivity contribution is 5.77. The van der Waals surface area contributed by atoms with Gasteiger partial charge in [-0.2, -0.15) is 0 Å². The van der Waals surface area contributed by atoms with Gasteiger partial charge in [-0.05, 0) is 67.1 Å². The Labute approximate surface area is 91.1 Å². The molecule has 2 nitrogen and oxygen atoms in total. The number of nitrogens with one attached hydrogen (secondary N) is 1. The minimum atomic E-state index is 0.434. The number of nitrogens with two attached hydrogens (primary N) is 1. The van der Waals surface area contributed by atoms with Crippen LogP contribution in [0.15, 0.2) is 0 Å². The molecule has 7 aliphatic rings. The molecule has 7 fully saturated rings. The second-order valence-electron chi connectivity index (χ2n) is 7.39. The first-order valence-electron chi connectivity index (χ1n) is 6.36. The maximum absolute atomic E-state index is 7.58. The third kappa shape index (κ3) is 0.938. The molecule has 0 saturated heterocycles. The van der Waals surface area contributed by atoms with E-state index in [-0.39, 0.29) is 0 Å². The molecule has 2 spiro atoms. The van der Waals surface area contributed by atoms with Crippen molar-refractivity contribution < 1.29 is 0 Å². The van der Waals surface area contributed by atoms with Crippen molar-refractivity contribution in [3.63, 3.8) is 0 Å². The van der Waals surface area contributed by atoms with Gasteiger partial charge in [0.1, 0.15) is 0 Å². The molecule has 3 N–H and O–H groups in total. The van der Waals surface area contributed by atoms with E-state index in [2.05, 4.69) is 0 Å². The van der Waals surface area contributed by atoms with Crippen molar-refractivity contribution in [1.82, 2.24) is 0 Å². The Kier molecular flexibility index (Phi) is 1.21. The van der Waals surface area contributed by atoms with E-state index in [4.69, 9.17) is 11.1 Å². The zero-order chi connectivity index (χ0) is 10.3. The fourth-order valence-electron chi connectivity index (χ4n) is 6.67. The molecule has 82 valence electrons. The number of rotatable bonds is 2. The Morgan fingerprint density at radius 3 is 2.13 bits per heavy atom. The van der Waals surface area contributed by atoms with Crippen LogP contribution in [-0.2, 0) is 0 Å². The summed E-state index contributed by atoms with van der Waals surface area (Å²) in [4.78, 5) is 0. The quantitative estimate of drug-likeness (QED) is 0.527. The van der Waals surface area contributed by atoms with Crippen LogP contribution in [0.1, 0.15) is 51.4 Å². The second-order valence-corrected chi connectivity index (χ2v) is 7.39. The van der Waals surface area contributed by atoms with Crippen LogP contribution in [0.2, 0.25) is 0 Å². The van der Waals surface area contributed by atoms with Crippen LogP contribution in [0.5, 0.6) is 0 Å². The van der Waals surface area contributed by atoms with Crippen molar-refractivity contribution in [1.29, 1.82) is 5.41 Å². The van der Waals surface area contributed by atoms with Crippen molar-refractivity contribution in [2.45, 2.75) is 51.4 Å². The summed E-state index contributed by atoms with van der Waals surface area (Å²) in [5, 5.41) is 7.58. The van der Waals surface area contributed by atoms with Gasteiger partial charge in [-0.1, -0.05) is 0 Å². The lowest BCUT2D eigenvalue weighted by Crippen LogP contribution is -2.66. The monoisotopic (exact) mass is 204 g/mol. The lowest BCUT2D eigenvalue weighted by Gasteiger charge is -2.76. The summed E-state index contributed by atoms with van der Waals surface area (Å²) in [6.07, 6.45) is 11.1. The molecule has 4 bridgehead atoms. The van der Waals surface area contributed by atoms with Crippen molar-refractivity contribution in [2.75, 3.05) is 0 Å². The maximum atomic E-state index is 7.58. The average Bonchev–Trinajstić information content (AvgIpc) is 1.92. The lowest BCUT2D eigenvalue weighted by molar-refractivity contribution is -0.254. The fraction of sp³-hybridized carbons (Fsp3) is 0.923. The summed E-state index contributed by atoms with van der Waals surface area (Å²) < 4.78 is 0. The van der Waals surface area contributed by atoms with Gasteiger partial charge in [-0.15, -0.1) is 0 Å². The SMILES string of the molecule is N=C(N)CC12CC3CC4(C1)CC(C3)(C2)C4. The van der Waals surface area contributed by atoms with E-state index >= 15 is 0 Å². The molecule has 15 heavy (non-hydrogen) atoms. The normalized spacial score (nSPS) is 59.1. The van der Waals surface area contributed by atoms with E-state index < -0.39 is 0 Å². The topological polar surface area (TPSA) is 49.9 Å². The predicted octanol–water partition coefficient (Wildman–Crippen LogP) is 2.67. The van der Waals surface area contributed by atoms with Gasteiger partial charge in [0.2, 0.25) is 0 Å². The summed E-state index contributed by atoms with van der Waals surface area (Å²) >= 11 is 0. The molecular formula is C13H20N2. The number of hydrogen-bond donors (Lipinski definition) is 2. The summed E-state index contributed by atoms with van der Waals surface area (Å²) in [5.74, 6) is 1.43. The van der Waals surface area contributed by atoms with E-state index in [1.807, 2.05) is 0 Å². The van der Waals surface area contributed by atoms with Crippen LogP contribution in [0.3, 0.4) is 0 Å². The second kappa shape index (κ2) is 2.11. The minimum Gasteiger partial charge on any atom is -0.388 e. The smallest absolute Gasteiger partial charge is 0.0910 e. The molecule has 0 aromatic heterocycles. The molecule has 7 rings (SSSR count). The Balaban J connectivity index is 1.72. The molecule has 0 aliphatic heterocycles. The van der Waals surface area contributed by atoms with Crippen LogP contribution in [-0.4, -0.2) is 5.84 Å². The van der Waals surface area contributed by atoms with Crippen molar-refractivity contribution in [2.24, 2.45) is 27.9 Å². The van der Waals surface area contributed by atoms with Gasteiger partial charge in [0.05, 0.1) is 5.84 Å². The zero-order valence-corrected chi connectivity index (χ0v) is 9.31. The molecule has 0 radical (unpaired) electrons. The summed E-state index contributed by atoms with van der Waals surface area (Å²) in [5.41, 5.74) is 7.59. The number of amidine groups is 1. The van der Waals surface area contributed by atoms with Crippen LogP contribution in [0.4, 0.5) is 0 Å². The standard InChI is InChI=1S/C13H20N2/c14-10(15)4-11-1-9-2-12(5-11)7-13(3-9,6-11)8-12/h9H,1-8H2,(H3,14,15). The summed E-state index contributed by atoms with van der Waals surface area (Å²) in [6, 6.07) is 0. The molecule has 7 aliphatic carbocycles. The zero-order valence-electron chi connectivity index (χ0n) is 9.31. The first-order chi connectivity index (χ1) is 7.03.